The Hall–Kier alpha value is -1.62. The Morgan fingerprint density at radius 2 is 2.10 bits per heavy atom. The molecule has 112 valence electrons. The minimum absolute atomic E-state index is 0.0476. The van der Waals surface area contributed by atoms with Crippen molar-refractivity contribution in [3.05, 3.63) is 23.8 Å². The predicted molar refractivity (Wildman–Crippen MR) is 78.9 cm³/mol. The minimum atomic E-state index is -3.64. The molecule has 1 aromatic rings. The predicted octanol–water partition coefficient (Wildman–Crippen LogP) is 0.655. The molecule has 0 aromatic heterocycles. The molecule has 1 aliphatic carbocycles. The van der Waals surface area contributed by atoms with Crippen LogP contribution in [0.4, 0.5) is 5.69 Å². The van der Waals surface area contributed by atoms with E-state index in [2.05, 4.69) is 9.62 Å². The van der Waals surface area contributed by atoms with E-state index in [4.69, 9.17) is 11.0 Å². The molecule has 0 radical (unpaired) electrons. The summed E-state index contributed by atoms with van der Waals surface area (Å²) in [5.74, 6) is 0. The van der Waals surface area contributed by atoms with Crippen LogP contribution in [0, 0.1) is 11.3 Å². The molecule has 2 aliphatic rings. The molecule has 1 unspecified atom stereocenters. The standard InChI is InChI=1S/C14H18N4O2S/c15-8-10-1-4-14(13(16)7-10)21(19,20)17-11-5-6-18(9-11)12-2-3-12/h1,4,7,11-12,17H,2-3,5-6,9,16H2. The molecule has 3 N–H and O–H groups in total. The average molecular weight is 306 g/mol. The van der Waals surface area contributed by atoms with Crippen LogP contribution in [0.25, 0.3) is 0 Å². The van der Waals surface area contributed by atoms with Gasteiger partial charge in [0.05, 0.1) is 17.3 Å². The highest BCUT2D eigenvalue weighted by Gasteiger charge is 2.36. The zero-order valence-corrected chi connectivity index (χ0v) is 12.4. The van der Waals surface area contributed by atoms with Crippen LogP contribution in [0.3, 0.4) is 0 Å². The van der Waals surface area contributed by atoms with Crippen molar-refractivity contribution in [2.24, 2.45) is 0 Å². The first-order chi connectivity index (χ1) is 9.99. The molecular formula is C14H18N4O2S. The molecule has 1 heterocycles. The van der Waals surface area contributed by atoms with E-state index < -0.39 is 10.0 Å². The van der Waals surface area contributed by atoms with Crippen LogP contribution in [0.2, 0.25) is 0 Å². The molecule has 21 heavy (non-hydrogen) atoms. The number of benzene rings is 1. The lowest BCUT2D eigenvalue weighted by Crippen LogP contribution is -2.37. The SMILES string of the molecule is N#Cc1ccc(S(=O)(=O)NC2CCN(C3CC3)C2)c(N)c1. The lowest BCUT2D eigenvalue weighted by molar-refractivity contribution is 0.322. The minimum Gasteiger partial charge on any atom is -0.398 e. The second kappa shape index (κ2) is 5.30. The topological polar surface area (TPSA) is 99.2 Å². The maximum atomic E-state index is 12.4. The van der Waals surface area contributed by atoms with Crippen molar-refractivity contribution < 1.29 is 8.42 Å². The van der Waals surface area contributed by atoms with Crippen LogP contribution in [0.5, 0.6) is 0 Å². The van der Waals surface area contributed by atoms with Gasteiger partial charge in [0.1, 0.15) is 4.90 Å². The largest absolute Gasteiger partial charge is 0.398 e. The van der Waals surface area contributed by atoms with Crippen LogP contribution in [0.15, 0.2) is 23.1 Å². The van der Waals surface area contributed by atoms with E-state index in [1.165, 1.54) is 31.0 Å². The van der Waals surface area contributed by atoms with Crippen LogP contribution in [-0.2, 0) is 10.0 Å². The monoisotopic (exact) mass is 306 g/mol. The fourth-order valence-electron chi connectivity index (χ4n) is 2.80. The summed E-state index contributed by atoms with van der Waals surface area (Å²) in [5, 5.41) is 8.80. The first-order valence-corrected chi connectivity index (χ1v) is 8.54. The first-order valence-electron chi connectivity index (χ1n) is 7.05. The summed E-state index contributed by atoms with van der Waals surface area (Å²) in [7, 11) is -3.64. The highest BCUT2D eigenvalue weighted by atomic mass is 32.2. The Balaban J connectivity index is 1.73. The molecule has 7 heteroatoms. The second-order valence-electron chi connectivity index (χ2n) is 5.70. The Morgan fingerprint density at radius 3 is 2.71 bits per heavy atom. The van der Waals surface area contributed by atoms with Crippen molar-refractivity contribution in [1.82, 2.24) is 9.62 Å². The number of nitriles is 1. The van der Waals surface area contributed by atoms with Gasteiger partial charge in [-0.05, 0) is 37.5 Å². The molecule has 1 aliphatic heterocycles. The van der Waals surface area contributed by atoms with E-state index >= 15 is 0 Å². The van der Waals surface area contributed by atoms with Crippen molar-refractivity contribution >= 4 is 15.7 Å². The summed E-state index contributed by atoms with van der Waals surface area (Å²) >= 11 is 0. The third-order valence-corrected chi connectivity index (χ3v) is 5.63. The number of sulfonamides is 1. The fourth-order valence-corrected chi connectivity index (χ4v) is 4.18. The lowest BCUT2D eigenvalue weighted by atomic mass is 10.2. The summed E-state index contributed by atoms with van der Waals surface area (Å²) in [6.45, 7) is 1.71. The molecule has 3 rings (SSSR count). The molecule has 0 spiro atoms. The molecule has 2 fully saturated rings. The Morgan fingerprint density at radius 1 is 1.33 bits per heavy atom. The Bertz CT molecular complexity index is 691. The number of likely N-dealkylation sites (tertiary alicyclic amines) is 1. The summed E-state index contributed by atoms with van der Waals surface area (Å²) in [6, 6.07) is 6.78. The summed E-state index contributed by atoms with van der Waals surface area (Å²) < 4.78 is 27.5. The van der Waals surface area contributed by atoms with Crippen LogP contribution in [-0.4, -0.2) is 38.5 Å². The second-order valence-corrected chi connectivity index (χ2v) is 7.38. The number of hydrogen-bond acceptors (Lipinski definition) is 5. The molecular weight excluding hydrogens is 288 g/mol. The number of nitrogens with zero attached hydrogens (tertiary/aromatic N) is 2. The van der Waals surface area contributed by atoms with Crippen molar-refractivity contribution in [2.45, 2.75) is 36.2 Å². The molecule has 1 atom stereocenters. The maximum absolute atomic E-state index is 12.4. The number of nitrogens with one attached hydrogen (secondary N) is 1. The van der Waals surface area contributed by atoms with Crippen LogP contribution >= 0.6 is 0 Å². The van der Waals surface area contributed by atoms with E-state index in [9.17, 15) is 8.42 Å². The third kappa shape index (κ3) is 3.02. The van der Waals surface area contributed by atoms with Crippen LogP contribution in [0.1, 0.15) is 24.8 Å². The molecule has 1 saturated carbocycles. The molecule has 6 nitrogen and oxygen atoms in total. The highest BCUT2D eigenvalue weighted by Crippen LogP contribution is 2.30. The van der Waals surface area contributed by atoms with Gasteiger partial charge in [-0.3, -0.25) is 4.90 Å². The van der Waals surface area contributed by atoms with Gasteiger partial charge in [0.2, 0.25) is 10.0 Å². The molecule has 0 bridgehead atoms. The molecule has 1 aromatic carbocycles. The Kier molecular flexibility index (Phi) is 3.61. The van der Waals surface area contributed by atoms with Gasteiger partial charge >= 0.3 is 0 Å². The van der Waals surface area contributed by atoms with Crippen molar-refractivity contribution in [3.8, 4) is 6.07 Å². The quantitative estimate of drug-likeness (QED) is 0.796. The zero-order chi connectivity index (χ0) is 15.0. The lowest BCUT2D eigenvalue weighted by Gasteiger charge is -2.16. The van der Waals surface area contributed by atoms with Gasteiger partial charge in [-0.25, -0.2) is 13.1 Å². The third-order valence-electron chi connectivity index (χ3n) is 4.03. The first kappa shape index (κ1) is 14.3. The van der Waals surface area contributed by atoms with E-state index in [1.54, 1.807) is 0 Å². The van der Waals surface area contributed by atoms with Gasteiger partial charge in [0.25, 0.3) is 0 Å². The van der Waals surface area contributed by atoms with Gasteiger partial charge < -0.3 is 5.73 Å². The van der Waals surface area contributed by atoms with Gasteiger partial charge in [0, 0.05) is 25.2 Å². The smallest absolute Gasteiger partial charge is 0.242 e. The molecule has 1 saturated heterocycles. The zero-order valence-electron chi connectivity index (χ0n) is 11.6. The van der Waals surface area contributed by atoms with E-state index in [0.29, 0.717) is 11.6 Å². The van der Waals surface area contributed by atoms with Gasteiger partial charge in [-0.2, -0.15) is 5.26 Å². The fraction of sp³-hybridized carbons (Fsp3) is 0.500. The maximum Gasteiger partial charge on any atom is 0.242 e. The molecule has 0 amide bonds. The number of anilines is 1. The van der Waals surface area contributed by atoms with Crippen molar-refractivity contribution in [3.63, 3.8) is 0 Å². The van der Waals surface area contributed by atoms with Gasteiger partial charge in [0.15, 0.2) is 0 Å². The van der Waals surface area contributed by atoms with Crippen molar-refractivity contribution in [1.29, 1.82) is 5.26 Å². The van der Waals surface area contributed by atoms with Gasteiger partial charge in [-0.1, -0.05) is 0 Å². The van der Waals surface area contributed by atoms with Crippen LogP contribution < -0.4 is 10.5 Å². The summed E-state index contributed by atoms with van der Waals surface area (Å²) in [4.78, 5) is 2.39. The van der Waals surface area contributed by atoms with Gasteiger partial charge in [-0.15, -0.1) is 0 Å². The number of hydrogen-bond donors (Lipinski definition) is 2. The number of rotatable bonds is 4. The average Bonchev–Trinajstić information content (AvgIpc) is 3.19. The number of nitrogens with two attached hydrogens (primary N) is 1. The van der Waals surface area contributed by atoms with Crippen molar-refractivity contribution in [2.75, 3.05) is 18.8 Å². The normalized spacial score (nSPS) is 23.1. The van der Waals surface area contributed by atoms with E-state index in [1.807, 2.05) is 6.07 Å². The van der Waals surface area contributed by atoms with E-state index in [-0.39, 0.29) is 16.6 Å². The summed E-state index contributed by atoms with van der Waals surface area (Å²) in [6.07, 6.45) is 3.27. The Labute approximate surface area is 124 Å². The highest BCUT2D eigenvalue weighted by molar-refractivity contribution is 7.89. The van der Waals surface area contributed by atoms with E-state index in [0.717, 1.165) is 19.5 Å². The summed E-state index contributed by atoms with van der Waals surface area (Å²) in [5.41, 5.74) is 6.23. The number of nitrogen functional groups attached to an aromatic ring is 1.